The van der Waals surface area contributed by atoms with Gasteiger partial charge in [-0.15, -0.1) is 0 Å². The summed E-state index contributed by atoms with van der Waals surface area (Å²) < 4.78 is 18.8. The normalized spacial score (nSPS) is 19.8. The number of nitrogens with two attached hydrogens (primary N) is 1. The lowest BCUT2D eigenvalue weighted by molar-refractivity contribution is 0.129. The molecule has 1 aromatic carbocycles. The highest BCUT2D eigenvalue weighted by atomic mass is 32.2. The van der Waals surface area contributed by atoms with Crippen LogP contribution in [-0.2, 0) is 17.0 Å². The van der Waals surface area contributed by atoms with Crippen molar-refractivity contribution in [2.75, 3.05) is 12.4 Å². The summed E-state index contributed by atoms with van der Waals surface area (Å²) in [6.45, 7) is 1.28. The van der Waals surface area contributed by atoms with Crippen molar-refractivity contribution in [3.05, 3.63) is 35.1 Å². The Morgan fingerprint density at radius 2 is 2.18 bits per heavy atom. The Kier molecular flexibility index (Phi) is 4.83. The Balaban J connectivity index is 1.83. The third kappa shape index (κ3) is 3.98. The van der Waals surface area contributed by atoms with Gasteiger partial charge in [0.2, 0.25) is 0 Å². The minimum absolute atomic E-state index is 0.194. The molecule has 4 heteroatoms. The molecule has 1 aliphatic heterocycles. The Hall–Kier alpha value is -0.580. The summed E-state index contributed by atoms with van der Waals surface area (Å²) in [5.41, 5.74) is 7.39. The van der Waals surface area contributed by atoms with Crippen LogP contribution in [0.3, 0.4) is 0 Å². The zero-order valence-corrected chi connectivity index (χ0v) is 10.6. The van der Waals surface area contributed by atoms with Crippen LogP contribution < -0.4 is 5.73 Å². The Labute approximate surface area is 106 Å². The van der Waals surface area contributed by atoms with E-state index in [1.54, 1.807) is 17.8 Å². The SMILES string of the molecule is NCc1cc(F)cc(CSCC2CCCO2)c1. The molecule has 1 aromatic rings. The molecule has 2 rings (SSSR count). The number of ether oxygens (including phenoxy) is 1. The van der Waals surface area contributed by atoms with Gasteiger partial charge in [0.15, 0.2) is 0 Å². The second kappa shape index (κ2) is 6.38. The molecule has 0 bridgehead atoms. The molecule has 1 saturated heterocycles. The molecule has 2 nitrogen and oxygen atoms in total. The number of rotatable bonds is 5. The average Bonchev–Trinajstić information content (AvgIpc) is 2.81. The summed E-state index contributed by atoms with van der Waals surface area (Å²) in [5, 5.41) is 0. The summed E-state index contributed by atoms with van der Waals surface area (Å²) in [4.78, 5) is 0. The van der Waals surface area contributed by atoms with Gasteiger partial charge in [0, 0.05) is 24.7 Å². The molecule has 94 valence electrons. The van der Waals surface area contributed by atoms with E-state index >= 15 is 0 Å². The minimum atomic E-state index is -0.194. The third-order valence-corrected chi connectivity index (χ3v) is 3.99. The van der Waals surface area contributed by atoms with Gasteiger partial charge in [-0.05, 0) is 36.1 Å². The van der Waals surface area contributed by atoms with E-state index in [1.165, 1.54) is 12.5 Å². The highest BCUT2D eigenvalue weighted by Crippen LogP contribution is 2.21. The van der Waals surface area contributed by atoms with Gasteiger partial charge in [-0.2, -0.15) is 11.8 Å². The van der Waals surface area contributed by atoms with Gasteiger partial charge in [0.25, 0.3) is 0 Å². The molecule has 1 aliphatic rings. The lowest BCUT2D eigenvalue weighted by atomic mass is 10.1. The van der Waals surface area contributed by atoms with Gasteiger partial charge < -0.3 is 10.5 Å². The van der Waals surface area contributed by atoms with Gasteiger partial charge in [0.05, 0.1) is 6.10 Å². The van der Waals surface area contributed by atoms with Gasteiger partial charge in [-0.3, -0.25) is 0 Å². The van der Waals surface area contributed by atoms with Crippen LogP contribution in [-0.4, -0.2) is 18.5 Å². The van der Waals surface area contributed by atoms with E-state index < -0.39 is 0 Å². The predicted octanol–water partition coefficient (Wildman–Crippen LogP) is 2.70. The Morgan fingerprint density at radius 1 is 1.35 bits per heavy atom. The zero-order valence-electron chi connectivity index (χ0n) is 9.82. The maximum absolute atomic E-state index is 13.3. The second-order valence-electron chi connectivity index (χ2n) is 4.32. The lowest BCUT2D eigenvalue weighted by Crippen LogP contribution is -2.08. The van der Waals surface area contributed by atoms with Gasteiger partial charge in [-0.1, -0.05) is 6.07 Å². The molecule has 0 spiro atoms. The zero-order chi connectivity index (χ0) is 12.1. The number of hydrogen-bond acceptors (Lipinski definition) is 3. The summed E-state index contributed by atoms with van der Waals surface area (Å²) in [5.74, 6) is 1.62. The van der Waals surface area contributed by atoms with E-state index in [2.05, 4.69) is 0 Å². The molecule has 0 aliphatic carbocycles. The standard InChI is InChI=1S/C13H18FNOS/c14-12-5-10(7-15)4-11(6-12)8-17-9-13-2-1-3-16-13/h4-6,13H,1-3,7-9,15H2. The molecule has 2 N–H and O–H groups in total. The first-order chi connectivity index (χ1) is 8.28. The second-order valence-corrected chi connectivity index (χ2v) is 5.35. The van der Waals surface area contributed by atoms with Crippen molar-refractivity contribution in [3.8, 4) is 0 Å². The predicted molar refractivity (Wildman–Crippen MR) is 69.4 cm³/mol. The van der Waals surface area contributed by atoms with E-state index in [0.717, 1.165) is 35.7 Å². The molecule has 0 saturated carbocycles. The topological polar surface area (TPSA) is 35.2 Å². The quantitative estimate of drug-likeness (QED) is 0.878. The van der Waals surface area contributed by atoms with Crippen molar-refractivity contribution in [3.63, 3.8) is 0 Å². The molecule has 1 fully saturated rings. The van der Waals surface area contributed by atoms with E-state index in [4.69, 9.17) is 10.5 Å². The fourth-order valence-electron chi connectivity index (χ4n) is 2.00. The Bertz CT molecular complexity index is 366. The highest BCUT2D eigenvalue weighted by molar-refractivity contribution is 7.98. The average molecular weight is 255 g/mol. The summed E-state index contributed by atoms with van der Waals surface area (Å²) in [7, 11) is 0. The van der Waals surface area contributed by atoms with Gasteiger partial charge in [-0.25, -0.2) is 4.39 Å². The van der Waals surface area contributed by atoms with Crippen molar-refractivity contribution < 1.29 is 9.13 Å². The van der Waals surface area contributed by atoms with Crippen molar-refractivity contribution in [2.45, 2.75) is 31.2 Å². The van der Waals surface area contributed by atoms with Crippen LogP contribution in [0.25, 0.3) is 0 Å². The van der Waals surface area contributed by atoms with Crippen LogP contribution in [0.4, 0.5) is 4.39 Å². The first kappa shape index (κ1) is 12.9. The van der Waals surface area contributed by atoms with E-state index in [1.807, 2.05) is 6.07 Å². The summed E-state index contributed by atoms with van der Waals surface area (Å²) in [6.07, 6.45) is 2.72. The highest BCUT2D eigenvalue weighted by Gasteiger charge is 2.15. The maximum Gasteiger partial charge on any atom is 0.123 e. The minimum Gasteiger partial charge on any atom is -0.377 e. The maximum atomic E-state index is 13.3. The van der Waals surface area contributed by atoms with E-state index in [0.29, 0.717) is 12.6 Å². The van der Waals surface area contributed by atoms with Crippen LogP contribution in [0.15, 0.2) is 18.2 Å². The first-order valence-electron chi connectivity index (χ1n) is 5.95. The number of benzene rings is 1. The molecule has 17 heavy (non-hydrogen) atoms. The van der Waals surface area contributed by atoms with Gasteiger partial charge >= 0.3 is 0 Å². The fraction of sp³-hybridized carbons (Fsp3) is 0.538. The molecule has 0 amide bonds. The third-order valence-electron chi connectivity index (χ3n) is 2.85. The molecule has 1 unspecified atom stereocenters. The van der Waals surface area contributed by atoms with E-state index in [9.17, 15) is 4.39 Å². The lowest BCUT2D eigenvalue weighted by Gasteiger charge is -2.09. The Morgan fingerprint density at radius 3 is 2.88 bits per heavy atom. The summed E-state index contributed by atoms with van der Waals surface area (Å²) >= 11 is 1.80. The number of thioether (sulfide) groups is 1. The van der Waals surface area contributed by atoms with Crippen molar-refractivity contribution in [2.24, 2.45) is 5.73 Å². The van der Waals surface area contributed by atoms with E-state index in [-0.39, 0.29) is 5.82 Å². The monoisotopic (exact) mass is 255 g/mol. The molecule has 0 radical (unpaired) electrons. The van der Waals surface area contributed by atoms with Crippen LogP contribution in [0.5, 0.6) is 0 Å². The van der Waals surface area contributed by atoms with Crippen LogP contribution in [0, 0.1) is 5.82 Å². The van der Waals surface area contributed by atoms with Crippen molar-refractivity contribution >= 4 is 11.8 Å². The largest absolute Gasteiger partial charge is 0.377 e. The first-order valence-corrected chi connectivity index (χ1v) is 7.11. The molecular formula is C13H18FNOS. The number of halogens is 1. The van der Waals surface area contributed by atoms with Crippen LogP contribution >= 0.6 is 11.8 Å². The smallest absolute Gasteiger partial charge is 0.123 e. The molecule has 1 heterocycles. The van der Waals surface area contributed by atoms with Crippen molar-refractivity contribution in [1.29, 1.82) is 0 Å². The summed E-state index contributed by atoms with van der Waals surface area (Å²) in [6, 6.07) is 5.06. The fourth-order valence-corrected chi connectivity index (χ4v) is 3.05. The molecule has 0 aromatic heterocycles. The van der Waals surface area contributed by atoms with Gasteiger partial charge in [0.1, 0.15) is 5.82 Å². The molecule has 1 atom stereocenters. The van der Waals surface area contributed by atoms with Crippen LogP contribution in [0.2, 0.25) is 0 Å². The number of hydrogen-bond donors (Lipinski definition) is 1. The van der Waals surface area contributed by atoms with Crippen molar-refractivity contribution in [1.82, 2.24) is 0 Å². The molecular weight excluding hydrogens is 237 g/mol. The van der Waals surface area contributed by atoms with Crippen LogP contribution in [0.1, 0.15) is 24.0 Å².